The van der Waals surface area contributed by atoms with Gasteiger partial charge >= 0.3 is 19.5 Å². The van der Waals surface area contributed by atoms with Gasteiger partial charge in [0.2, 0.25) is 0 Å². The van der Waals surface area contributed by atoms with Gasteiger partial charge in [-0.15, -0.1) is 22.1 Å². The van der Waals surface area contributed by atoms with Crippen LogP contribution >= 0.6 is 0 Å². The van der Waals surface area contributed by atoms with Crippen molar-refractivity contribution in [3.63, 3.8) is 0 Å². The summed E-state index contributed by atoms with van der Waals surface area (Å²) in [5, 5.41) is 0. The average molecular weight is 534 g/mol. The van der Waals surface area contributed by atoms with Crippen molar-refractivity contribution in [1.29, 1.82) is 0 Å². The van der Waals surface area contributed by atoms with E-state index in [2.05, 4.69) is 9.97 Å². The van der Waals surface area contributed by atoms with Gasteiger partial charge in [0.15, 0.2) is 0 Å². The summed E-state index contributed by atoms with van der Waals surface area (Å²) in [7, 11) is 3.95. The van der Waals surface area contributed by atoms with E-state index in [1.165, 1.54) is 0 Å². The topological polar surface area (TPSA) is 89.6 Å². The van der Waals surface area contributed by atoms with Crippen LogP contribution in [0.15, 0.2) is 61.2 Å². The fourth-order valence-electron chi connectivity index (χ4n) is 4.63. The summed E-state index contributed by atoms with van der Waals surface area (Å²) in [5.41, 5.74) is 8.29. The van der Waals surface area contributed by atoms with Crippen molar-refractivity contribution >= 4 is 46.4 Å². The molecule has 0 radical (unpaired) electrons. The molecule has 0 saturated carbocycles. The number of imidazole rings is 2. The molecule has 0 aromatic carbocycles. The number of hydrogen-bond donors (Lipinski definition) is 0. The van der Waals surface area contributed by atoms with Crippen LogP contribution in [0.5, 0.6) is 0 Å². The van der Waals surface area contributed by atoms with E-state index in [1.54, 1.807) is 12.4 Å². The van der Waals surface area contributed by atoms with E-state index in [0.717, 1.165) is 67.6 Å². The third-order valence-electron chi connectivity index (χ3n) is 6.35. The van der Waals surface area contributed by atoms with Gasteiger partial charge in [-0.1, -0.05) is 36.4 Å². The van der Waals surface area contributed by atoms with Crippen LogP contribution in [0.3, 0.4) is 0 Å². The number of fused-ring (bicyclic) bond motifs is 8. The smallest absolute Gasteiger partial charge is 0.657 e. The molecule has 0 fully saturated rings. The van der Waals surface area contributed by atoms with Crippen molar-refractivity contribution in [2.24, 2.45) is 14.1 Å². The minimum Gasteiger partial charge on any atom is -0.657 e. The number of nitrogens with zero attached hydrogens (tertiary/aromatic N) is 8. The number of aryl methyl sites for hydroxylation is 2. The molecule has 174 valence electrons. The van der Waals surface area contributed by atoms with Crippen molar-refractivity contribution < 1.29 is 19.5 Å². The predicted molar refractivity (Wildman–Crippen MR) is 141 cm³/mol. The molecular formula is C28H20N8Zn. The second kappa shape index (κ2) is 8.94. The van der Waals surface area contributed by atoms with Crippen LogP contribution in [0.1, 0.15) is 22.8 Å². The van der Waals surface area contributed by atoms with Crippen LogP contribution < -0.4 is 9.97 Å². The van der Waals surface area contributed by atoms with Gasteiger partial charge in [-0.05, 0) is 24.3 Å². The van der Waals surface area contributed by atoms with E-state index in [9.17, 15) is 0 Å². The summed E-state index contributed by atoms with van der Waals surface area (Å²) >= 11 is 0. The van der Waals surface area contributed by atoms with E-state index < -0.39 is 0 Å². The maximum Gasteiger partial charge on any atom is 2.00 e. The van der Waals surface area contributed by atoms with Gasteiger partial charge in [0.1, 0.15) is 11.6 Å². The Morgan fingerprint density at radius 1 is 0.622 bits per heavy atom. The summed E-state index contributed by atoms with van der Waals surface area (Å²) in [6.45, 7) is 0. The molecule has 7 heterocycles. The summed E-state index contributed by atoms with van der Waals surface area (Å²) < 4.78 is 3.96. The molecule has 2 aliphatic rings. The average Bonchev–Trinajstić information content (AvgIpc) is 3.68. The molecule has 8 bridgehead atoms. The third-order valence-corrected chi connectivity index (χ3v) is 6.35. The monoisotopic (exact) mass is 532 g/mol. The first-order chi connectivity index (χ1) is 17.6. The van der Waals surface area contributed by atoms with Crippen LogP contribution in [-0.4, -0.2) is 29.1 Å². The molecule has 0 amide bonds. The van der Waals surface area contributed by atoms with Crippen LogP contribution in [-0.2, 0) is 33.6 Å². The van der Waals surface area contributed by atoms with Crippen molar-refractivity contribution in [3.8, 4) is 22.8 Å². The Morgan fingerprint density at radius 2 is 1.08 bits per heavy atom. The standard InChI is InChI=1S/C28H20N8.Zn/c1-35-13-11-29-27(35)25-21-7-3-17(31-21)15-19-5-9-23(33-19)26(28-30-12-14-36(28)2)24-10-6-20(34-24)16-18-4-8-22(25)32-18;/h3-16H,1-2H3;/q-2;+2. The first kappa shape index (κ1) is 23.1. The Hall–Kier alpha value is -4.36. The molecule has 8 nitrogen and oxygen atoms in total. The Labute approximate surface area is 225 Å². The molecule has 0 N–H and O–H groups in total. The molecule has 2 aliphatic heterocycles. The Bertz CT molecular complexity index is 1740. The maximum absolute atomic E-state index is 4.91. The fraction of sp³-hybridized carbons (Fsp3) is 0.0714. The van der Waals surface area contributed by atoms with Crippen LogP contribution in [0.2, 0.25) is 0 Å². The van der Waals surface area contributed by atoms with Gasteiger partial charge in [-0.3, -0.25) is 0 Å². The predicted octanol–water partition coefficient (Wildman–Crippen LogP) is 4.71. The zero-order chi connectivity index (χ0) is 24.2. The molecule has 0 unspecified atom stereocenters. The normalized spacial score (nSPS) is 12.2. The molecule has 5 aromatic heterocycles. The molecule has 0 aliphatic carbocycles. The number of rotatable bonds is 2. The van der Waals surface area contributed by atoms with Gasteiger partial charge < -0.3 is 19.1 Å². The summed E-state index contributed by atoms with van der Waals surface area (Å²) in [4.78, 5) is 28.8. The molecule has 0 spiro atoms. The van der Waals surface area contributed by atoms with Crippen LogP contribution in [0, 0.1) is 0 Å². The van der Waals surface area contributed by atoms with Crippen LogP contribution in [0.25, 0.3) is 69.1 Å². The quantitative estimate of drug-likeness (QED) is 0.299. The van der Waals surface area contributed by atoms with E-state index in [-0.39, 0.29) is 19.5 Å². The minimum atomic E-state index is 0. The molecule has 0 atom stereocenters. The Morgan fingerprint density at radius 3 is 1.49 bits per heavy atom. The van der Waals surface area contributed by atoms with Crippen molar-refractivity contribution in [2.45, 2.75) is 0 Å². The minimum absolute atomic E-state index is 0. The Kier molecular flexibility index (Phi) is 5.57. The molecule has 5 aromatic rings. The first-order valence-corrected chi connectivity index (χ1v) is 11.6. The van der Waals surface area contributed by atoms with Crippen molar-refractivity contribution in [2.75, 3.05) is 0 Å². The van der Waals surface area contributed by atoms with Gasteiger partial charge in [0, 0.05) is 50.0 Å². The van der Waals surface area contributed by atoms with Gasteiger partial charge in [0.25, 0.3) is 0 Å². The van der Waals surface area contributed by atoms with E-state index >= 15 is 0 Å². The van der Waals surface area contributed by atoms with E-state index in [0.29, 0.717) is 0 Å². The molecule has 37 heavy (non-hydrogen) atoms. The zero-order valence-electron chi connectivity index (χ0n) is 20.4. The van der Waals surface area contributed by atoms with Gasteiger partial charge in [-0.25, -0.2) is 19.9 Å². The molecule has 0 saturated heterocycles. The Balaban J connectivity index is 0.00000252. The largest absolute Gasteiger partial charge is 2.00 e. The third kappa shape index (κ3) is 3.97. The number of hydrogen-bond acceptors (Lipinski definition) is 4. The van der Waals surface area contributed by atoms with Crippen LogP contribution in [0.4, 0.5) is 0 Å². The maximum atomic E-state index is 4.91. The SMILES string of the molecule is Cn1ccnc1-c1c2nc(cc3ccc([n-]3)c(-c3nccn3C)c3nc(cc4ccc1[n-]4)C=C3)C=C2.[Zn+2]. The first-order valence-electron chi connectivity index (χ1n) is 11.6. The zero-order valence-corrected chi connectivity index (χ0v) is 23.3. The summed E-state index contributed by atoms with van der Waals surface area (Å²) in [5.74, 6) is 1.62. The summed E-state index contributed by atoms with van der Waals surface area (Å²) in [6, 6.07) is 12.0. The van der Waals surface area contributed by atoms with Gasteiger partial charge in [-0.2, -0.15) is 0 Å². The molecular weight excluding hydrogens is 514 g/mol. The fourth-order valence-corrected chi connectivity index (χ4v) is 4.63. The van der Waals surface area contributed by atoms with E-state index in [1.807, 2.05) is 96.3 Å². The number of aromatic nitrogens is 8. The molecule has 9 heteroatoms. The van der Waals surface area contributed by atoms with E-state index in [4.69, 9.17) is 19.9 Å². The summed E-state index contributed by atoms with van der Waals surface area (Å²) in [6.07, 6.45) is 15.4. The second-order valence-electron chi connectivity index (χ2n) is 8.78. The van der Waals surface area contributed by atoms with Crippen molar-refractivity contribution in [1.82, 2.24) is 39.0 Å². The molecule has 7 rings (SSSR count). The van der Waals surface area contributed by atoms with Gasteiger partial charge in [0.05, 0.1) is 22.8 Å². The van der Waals surface area contributed by atoms with Crippen molar-refractivity contribution in [3.05, 3.63) is 84.0 Å². The second-order valence-corrected chi connectivity index (χ2v) is 8.78.